The van der Waals surface area contributed by atoms with Crippen molar-refractivity contribution in [2.24, 2.45) is 13.0 Å². The van der Waals surface area contributed by atoms with Gasteiger partial charge in [-0.25, -0.2) is 9.97 Å². The molecule has 5 nitrogen and oxygen atoms in total. The third-order valence-corrected chi connectivity index (χ3v) is 5.78. The van der Waals surface area contributed by atoms with Gasteiger partial charge in [-0.1, -0.05) is 32.1 Å². The summed E-state index contributed by atoms with van der Waals surface area (Å²) in [6.45, 7) is 2.84. The highest BCUT2D eigenvalue weighted by Crippen LogP contribution is 2.31. The molecule has 144 valence electrons. The maximum Gasteiger partial charge on any atom is 0.234 e. The Morgan fingerprint density at radius 2 is 2.00 bits per heavy atom. The molecular weight excluding hydrogens is 348 g/mol. The zero-order valence-corrected chi connectivity index (χ0v) is 16.6. The SMILES string of the molecule is Cc1cc(-c2nc(C#N)nc3c2ccn3C)ccc1OCCC1CCCCC1. The lowest BCUT2D eigenvalue weighted by Crippen LogP contribution is -2.11. The summed E-state index contributed by atoms with van der Waals surface area (Å²) in [5, 5.41) is 10.2. The van der Waals surface area contributed by atoms with Crippen LogP contribution < -0.4 is 4.74 Å². The highest BCUT2D eigenvalue weighted by molar-refractivity contribution is 5.91. The molecule has 1 fully saturated rings. The molecule has 0 N–H and O–H groups in total. The fourth-order valence-electron chi connectivity index (χ4n) is 4.18. The van der Waals surface area contributed by atoms with E-state index in [0.717, 1.165) is 52.5 Å². The first kappa shape index (κ1) is 18.5. The van der Waals surface area contributed by atoms with Crippen LogP contribution in [0.25, 0.3) is 22.3 Å². The zero-order valence-electron chi connectivity index (χ0n) is 16.6. The molecule has 2 aromatic heterocycles. The molecule has 4 rings (SSSR count). The molecule has 1 aliphatic rings. The van der Waals surface area contributed by atoms with Crippen LogP contribution in [0.2, 0.25) is 0 Å². The number of ether oxygens (including phenoxy) is 1. The lowest BCUT2D eigenvalue weighted by atomic mass is 9.87. The molecular formula is C23H26N4O. The summed E-state index contributed by atoms with van der Waals surface area (Å²) in [4.78, 5) is 8.80. The summed E-state index contributed by atoms with van der Waals surface area (Å²) in [5.74, 6) is 1.94. The lowest BCUT2D eigenvalue weighted by Gasteiger charge is -2.21. The van der Waals surface area contributed by atoms with Gasteiger partial charge in [0.25, 0.3) is 0 Å². The molecule has 0 aliphatic heterocycles. The first-order valence-corrected chi connectivity index (χ1v) is 10.1. The van der Waals surface area contributed by atoms with Crippen LogP contribution in [0.3, 0.4) is 0 Å². The van der Waals surface area contributed by atoms with Crippen LogP contribution >= 0.6 is 0 Å². The van der Waals surface area contributed by atoms with Gasteiger partial charge >= 0.3 is 0 Å². The van der Waals surface area contributed by atoms with Gasteiger partial charge in [0.1, 0.15) is 17.5 Å². The Kier molecular flexibility index (Phi) is 5.29. The summed E-state index contributed by atoms with van der Waals surface area (Å²) >= 11 is 0. The van der Waals surface area contributed by atoms with E-state index in [1.54, 1.807) is 0 Å². The minimum atomic E-state index is 0.190. The van der Waals surface area contributed by atoms with E-state index in [0.29, 0.717) is 0 Å². The number of nitriles is 1. The van der Waals surface area contributed by atoms with Crippen molar-refractivity contribution >= 4 is 11.0 Å². The van der Waals surface area contributed by atoms with E-state index in [2.05, 4.69) is 29.0 Å². The van der Waals surface area contributed by atoms with Gasteiger partial charge in [-0.05, 0) is 49.1 Å². The van der Waals surface area contributed by atoms with Crippen molar-refractivity contribution in [1.82, 2.24) is 14.5 Å². The van der Waals surface area contributed by atoms with E-state index in [1.807, 2.05) is 36.0 Å². The van der Waals surface area contributed by atoms with Gasteiger partial charge in [0.05, 0.1) is 12.3 Å². The summed E-state index contributed by atoms with van der Waals surface area (Å²) in [5.41, 5.74) is 3.63. The van der Waals surface area contributed by atoms with Crippen LogP contribution in [0.4, 0.5) is 0 Å². The van der Waals surface area contributed by atoms with Gasteiger partial charge in [0, 0.05) is 24.2 Å². The number of rotatable bonds is 5. The van der Waals surface area contributed by atoms with Crippen LogP contribution in [0.5, 0.6) is 5.75 Å². The molecule has 0 atom stereocenters. The molecule has 0 radical (unpaired) electrons. The normalized spacial score (nSPS) is 14.9. The van der Waals surface area contributed by atoms with E-state index in [4.69, 9.17) is 4.74 Å². The lowest BCUT2D eigenvalue weighted by molar-refractivity contribution is 0.245. The Hall–Kier alpha value is -2.87. The van der Waals surface area contributed by atoms with E-state index in [1.165, 1.54) is 32.1 Å². The topological polar surface area (TPSA) is 63.7 Å². The summed E-state index contributed by atoms with van der Waals surface area (Å²) in [6.07, 6.45) is 9.92. The van der Waals surface area contributed by atoms with Crippen molar-refractivity contribution in [3.05, 3.63) is 41.9 Å². The molecule has 3 aromatic rings. The van der Waals surface area contributed by atoms with E-state index >= 15 is 0 Å². The van der Waals surface area contributed by atoms with Crippen LogP contribution in [-0.2, 0) is 7.05 Å². The fourth-order valence-corrected chi connectivity index (χ4v) is 4.18. The molecule has 2 heterocycles. The van der Waals surface area contributed by atoms with Gasteiger partial charge < -0.3 is 9.30 Å². The third-order valence-electron chi connectivity index (χ3n) is 5.78. The van der Waals surface area contributed by atoms with E-state index in [-0.39, 0.29) is 5.82 Å². The molecule has 1 saturated carbocycles. The summed E-state index contributed by atoms with van der Waals surface area (Å²) in [7, 11) is 1.93. The molecule has 0 bridgehead atoms. The van der Waals surface area contributed by atoms with E-state index in [9.17, 15) is 5.26 Å². The largest absolute Gasteiger partial charge is 0.493 e. The Balaban J connectivity index is 1.55. The van der Waals surface area contributed by atoms with Crippen molar-refractivity contribution in [2.75, 3.05) is 6.61 Å². The maximum absolute atomic E-state index is 9.30. The molecule has 0 saturated heterocycles. The average molecular weight is 374 g/mol. The van der Waals surface area contributed by atoms with E-state index < -0.39 is 0 Å². The number of aryl methyl sites for hydroxylation is 2. The molecule has 0 amide bonds. The molecule has 28 heavy (non-hydrogen) atoms. The standard InChI is InChI=1S/C23H26N4O/c1-16-14-18(8-9-20(16)28-13-11-17-6-4-3-5-7-17)22-19-10-12-27(2)23(19)26-21(15-24)25-22/h8-10,12,14,17H,3-7,11,13H2,1-2H3. The van der Waals surface area contributed by atoms with Gasteiger partial charge in [0.15, 0.2) is 0 Å². The highest BCUT2D eigenvalue weighted by atomic mass is 16.5. The number of aromatic nitrogens is 3. The fraction of sp³-hybridized carbons (Fsp3) is 0.435. The monoisotopic (exact) mass is 374 g/mol. The van der Waals surface area contributed by atoms with Crippen LogP contribution in [0.15, 0.2) is 30.5 Å². The van der Waals surface area contributed by atoms with Crippen LogP contribution in [0, 0.1) is 24.2 Å². The quantitative estimate of drug-likeness (QED) is 0.618. The average Bonchev–Trinajstić information content (AvgIpc) is 3.10. The predicted octanol–water partition coefficient (Wildman–Crippen LogP) is 5.16. The minimum absolute atomic E-state index is 0.190. The summed E-state index contributed by atoms with van der Waals surface area (Å²) in [6, 6.07) is 10.2. The number of hydrogen-bond acceptors (Lipinski definition) is 4. The van der Waals surface area contributed by atoms with Crippen molar-refractivity contribution in [3.63, 3.8) is 0 Å². The Labute approximate surface area is 166 Å². The Morgan fingerprint density at radius 1 is 1.18 bits per heavy atom. The maximum atomic E-state index is 9.30. The van der Waals surface area contributed by atoms with Gasteiger partial charge in [-0.2, -0.15) is 5.26 Å². The highest BCUT2D eigenvalue weighted by Gasteiger charge is 2.15. The molecule has 1 aliphatic carbocycles. The number of fused-ring (bicyclic) bond motifs is 1. The van der Waals surface area contributed by atoms with Crippen molar-refractivity contribution in [2.45, 2.75) is 45.4 Å². The Bertz CT molecular complexity index is 1020. The first-order chi connectivity index (χ1) is 13.7. The first-order valence-electron chi connectivity index (χ1n) is 10.1. The number of hydrogen-bond donors (Lipinski definition) is 0. The van der Waals surface area contributed by atoms with Crippen LogP contribution in [-0.4, -0.2) is 21.1 Å². The van der Waals surface area contributed by atoms with Gasteiger partial charge in [-0.3, -0.25) is 0 Å². The van der Waals surface area contributed by atoms with Crippen molar-refractivity contribution in [3.8, 4) is 23.1 Å². The second-order valence-corrected chi connectivity index (χ2v) is 7.79. The minimum Gasteiger partial charge on any atom is -0.493 e. The smallest absolute Gasteiger partial charge is 0.234 e. The van der Waals surface area contributed by atoms with Crippen molar-refractivity contribution in [1.29, 1.82) is 5.26 Å². The van der Waals surface area contributed by atoms with Crippen molar-refractivity contribution < 1.29 is 4.74 Å². The molecule has 0 spiro atoms. The van der Waals surface area contributed by atoms with Crippen LogP contribution in [0.1, 0.15) is 49.9 Å². The molecule has 0 unspecified atom stereocenters. The zero-order chi connectivity index (χ0) is 19.5. The second kappa shape index (κ2) is 8.02. The summed E-state index contributed by atoms with van der Waals surface area (Å²) < 4.78 is 7.99. The van der Waals surface area contributed by atoms with Gasteiger partial charge in [0.2, 0.25) is 5.82 Å². The Morgan fingerprint density at radius 3 is 2.75 bits per heavy atom. The number of benzene rings is 1. The van der Waals surface area contributed by atoms with Gasteiger partial charge in [-0.15, -0.1) is 0 Å². The third kappa shape index (κ3) is 3.73. The second-order valence-electron chi connectivity index (χ2n) is 7.79. The predicted molar refractivity (Wildman–Crippen MR) is 110 cm³/mol. The molecule has 5 heteroatoms. The molecule has 1 aromatic carbocycles. The number of nitrogens with zero attached hydrogens (tertiary/aromatic N) is 4.